The molecule has 0 atom stereocenters. The van der Waals surface area contributed by atoms with E-state index < -0.39 is 0 Å². The predicted molar refractivity (Wildman–Crippen MR) is 75.4 cm³/mol. The van der Waals surface area contributed by atoms with E-state index in [-0.39, 0.29) is 11.5 Å². The molecule has 3 N–H and O–H groups in total. The van der Waals surface area contributed by atoms with E-state index in [4.69, 9.17) is 15.3 Å². The van der Waals surface area contributed by atoms with Crippen molar-refractivity contribution >= 4 is 10.8 Å². The molecule has 0 aliphatic rings. The average molecular weight is 254 g/mol. The molecule has 0 heterocycles. The maximum Gasteiger partial charge on any atom is 0.116 e. The van der Waals surface area contributed by atoms with E-state index in [2.05, 4.69) is 0 Å². The number of hydrogen-bond donors (Lipinski definition) is 3. The highest BCUT2D eigenvalue weighted by atomic mass is 16.3. The van der Waals surface area contributed by atoms with Gasteiger partial charge in [0.1, 0.15) is 17.2 Å². The lowest BCUT2D eigenvalue weighted by Gasteiger charge is -1.98. The van der Waals surface area contributed by atoms with Crippen molar-refractivity contribution in [2.24, 2.45) is 0 Å². The van der Waals surface area contributed by atoms with Gasteiger partial charge in [0.05, 0.1) is 0 Å². The van der Waals surface area contributed by atoms with E-state index in [1.54, 1.807) is 60.7 Å². The Kier molecular flexibility index (Phi) is 3.88. The first kappa shape index (κ1) is 12.8. The molecule has 0 amide bonds. The minimum atomic E-state index is 0.244. The number of phenolic OH excluding ortho intramolecular Hbond substituents is 3. The molecule has 0 fully saturated rings. The highest BCUT2D eigenvalue weighted by molar-refractivity contribution is 5.84. The van der Waals surface area contributed by atoms with Crippen molar-refractivity contribution in [1.29, 1.82) is 0 Å². The number of fused-ring (bicyclic) bond motifs is 1. The summed E-state index contributed by atoms with van der Waals surface area (Å²) in [5.41, 5.74) is 0. The molecule has 0 saturated heterocycles. The van der Waals surface area contributed by atoms with Gasteiger partial charge < -0.3 is 15.3 Å². The van der Waals surface area contributed by atoms with Crippen LogP contribution in [0.4, 0.5) is 0 Å². The van der Waals surface area contributed by atoms with Crippen LogP contribution in [0.1, 0.15) is 0 Å². The van der Waals surface area contributed by atoms with Gasteiger partial charge in [-0.3, -0.25) is 0 Å². The molecule has 3 heteroatoms. The Morgan fingerprint density at radius 1 is 0.474 bits per heavy atom. The summed E-state index contributed by atoms with van der Waals surface area (Å²) in [6.07, 6.45) is 0. The number of para-hydroxylation sites is 1. The molecule has 3 rings (SSSR count). The maximum absolute atomic E-state index is 9.14. The Bertz CT molecular complexity index is 622. The largest absolute Gasteiger partial charge is 0.508 e. The second-order valence-electron chi connectivity index (χ2n) is 4.05. The second kappa shape index (κ2) is 5.78. The smallest absolute Gasteiger partial charge is 0.116 e. The molecule has 0 saturated carbocycles. The summed E-state index contributed by atoms with van der Waals surface area (Å²) in [5.74, 6) is 0.809. The number of rotatable bonds is 0. The molecule has 3 aromatic rings. The molecule has 96 valence electrons. The third-order valence-electron chi connectivity index (χ3n) is 2.56. The van der Waals surface area contributed by atoms with Gasteiger partial charge in [0, 0.05) is 0 Å². The summed E-state index contributed by atoms with van der Waals surface area (Å²) in [6, 6.07) is 18.8. The van der Waals surface area contributed by atoms with Crippen molar-refractivity contribution in [1.82, 2.24) is 0 Å². The summed E-state index contributed by atoms with van der Waals surface area (Å²) in [6.45, 7) is 0. The third kappa shape index (κ3) is 3.64. The van der Waals surface area contributed by atoms with Crippen LogP contribution < -0.4 is 0 Å². The minimum Gasteiger partial charge on any atom is -0.508 e. The highest BCUT2D eigenvalue weighted by Crippen LogP contribution is 2.23. The Balaban J connectivity index is 0.000000163. The van der Waals surface area contributed by atoms with Crippen LogP contribution in [0, 0.1) is 0 Å². The van der Waals surface area contributed by atoms with E-state index in [1.165, 1.54) is 0 Å². The van der Waals surface area contributed by atoms with Crippen molar-refractivity contribution in [2.75, 3.05) is 0 Å². The highest BCUT2D eigenvalue weighted by Gasteiger charge is 1.95. The van der Waals surface area contributed by atoms with Crippen molar-refractivity contribution in [3.63, 3.8) is 0 Å². The van der Waals surface area contributed by atoms with Gasteiger partial charge in [-0.2, -0.15) is 0 Å². The molecule has 19 heavy (non-hydrogen) atoms. The van der Waals surface area contributed by atoms with Crippen molar-refractivity contribution < 1.29 is 15.3 Å². The van der Waals surface area contributed by atoms with Crippen LogP contribution in [0.15, 0.2) is 66.7 Å². The molecular formula is C16H14O3. The summed E-state index contributed by atoms with van der Waals surface area (Å²) >= 11 is 0. The van der Waals surface area contributed by atoms with Gasteiger partial charge >= 0.3 is 0 Å². The number of hydrogen-bond acceptors (Lipinski definition) is 3. The number of phenols is 3. The zero-order valence-electron chi connectivity index (χ0n) is 10.2. The fourth-order valence-corrected chi connectivity index (χ4v) is 1.65. The van der Waals surface area contributed by atoms with E-state index in [0.29, 0.717) is 5.75 Å². The lowest BCUT2D eigenvalue weighted by atomic mass is 10.1. The Labute approximate surface area is 111 Å². The van der Waals surface area contributed by atoms with Gasteiger partial charge in [0.2, 0.25) is 0 Å². The Morgan fingerprint density at radius 2 is 0.947 bits per heavy atom. The van der Waals surface area contributed by atoms with E-state index >= 15 is 0 Å². The molecule has 0 spiro atoms. The molecule has 0 unspecified atom stereocenters. The van der Waals surface area contributed by atoms with Crippen molar-refractivity contribution in [3.05, 3.63) is 66.7 Å². The van der Waals surface area contributed by atoms with Gasteiger partial charge in [0.25, 0.3) is 0 Å². The molecule has 3 aromatic carbocycles. The molecular weight excluding hydrogens is 240 g/mol. The first-order valence-electron chi connectivity index (χ1n) is 5.81. The van der Waals surface area contributed by atoms with Gasteiger partial charge in [-0.1, -0.05) is 30.3 Å². The summed E-state index contributed by atoms with van der Waals surface area (Å²) in [7, 11) is 0. The average Bonchev–Trinajstić information content (AvgIpc) is 2.41. The number of aromatic hydroxyl groups is 3. The third-order valence-corrected chi connectivity index (χ3v) is 2.56. The zero-order chi connectivity index (χ0) is 13.7. The van der Waals surface area contributed by atoms with E-state index in [9.17, 15) is 0 Å². The fraction of sp³-hybridized carbons (Fsp3) is 0. The first-order valence-corrected chi connectivity index (χ1v) is 5.81. The fourth-order valence-electron chi connectivity index (χ4n) is 1.65. The minimum absolute atomic E-state index is 0.244. The normalized spacial score (nSPS) is 9.68. The SMILES string of the molecule is Oc1ccc2cc(O)ccc2c1.Oc1ccccc1. The van der Waals surface area contributed by atoms with Gasteiger partial charge in [-0.15, -0.1) is 0 Å². The zero-order valence-corrected chi connectivity index (χ0v) is 10.2. The van der Waals surface area contributed by atoms with Crippen molar-refractivity contribution in [2.45, 2.75) is 0 Å². The summed E-state index contributed by atoms with van der Waals surface area (Å²) in [4.78, 5) is 0. The lowest BCUT2D eigenvalue weighted by Crippen LogP contribution is -1.71. The van der Waals surface area contributed by atoms with Crippen LogP contribution in [0.25, 0.3) is 10.8 Å². The topological polar surface area (TPSA) is 60.7 Å². The molecule has 0 bridgehead atoms. The van der Waals surface area contributed by atoms with Crippen LogP contribution in [-0.2, 0) is 0 Å². The molecule has 0 aromatic heterocycles. The number of benzene rings is 3. The molecule has 0 aliphatic carbocycles. The maximum atomic E-state index is 9.14. The standard InChI is InChI=1S/C10H8O2.C6H6O/c11-9-3-1-7-5-10(12)4-2-8(7)6-9;7-6-4-2-1-3-5-6/h1-6,11-12H;1-5,7H. The van der Waals surface area contributed by atoms with Crippen LogP contribution in [0.2, 0.25) is 0 Å². The van der Waals surface area contributed by atoms with Crippen molar-refractivity contribution in [3.8, 4) is 17.2 Å². The van der Waals surface area contributed by atoms with Crippen LogP contribution in [0.5, 0.6) is 17.2 Å². The van der Waals surface area contributed by atoms with Gasteiger partial charge in [-0.05, 0) is 47.2 Å². The predicted octanol–water partition coefficient (Wildman–Crippen LogP) is 3.64. The summed E-state index contributed by atoms with van der Waals surface area (Å²) in [5, 5.41) is 28.8. The van der Waals surface area contributed by atoms with Gasteiger partial charge in [-0.25, -0.2) is 0 Å². The Morgan fingerprint density at radius 3 is 1.32 bits per heavy atom. The molecule has 3 nitrogen and oxygen atoms in total. The molecule has 0 aliphatic heterocycles. The first-order chi connectivity index (χ1) is 9.15. The molecule has 0 radical (unpaired) electrons. The lowest BCUT2D eigenvalue weighted by molar-refractivity contribution is 0.474. The van der Waals surface area contributed by atoms with Crippen LogP contribution in [0.3, 0.4) is 0 Å². The van der Waals surface area contributed by atoms with Crippen LogP contribution >= 0.6 is 0 Å². The Hall–Kier alpha value is -2.68. The monoisotopic (exact) mass is 254 g/mol. The van der Waals surface area contributed by atoms with Crippen LogP contribution in [-0.4, -0.2) is 15.3 Å². The van der Waals surface area contributed by atoms with E-state index in [0.717, 1.165) is 10.8 Å². The summed E-state index contributed by atoms with van der Waals surface area (Å²) < 4.78 is 0. The van der Waals surface area contributed by atoms with E-state index in [1.807, 2.05) is 6.07 Å². The van der Waals surface area contributed by atoms with Gasteiger partial charge in [0.15, 0.2) is 0 Å². The second-order valence-corrected chi connectivity index (χ2v) is 4.05. The quantitative estimate of drug-likeness (QED) is 0.574.